The average molecular weight is 553 g/mol. The van der Waals surface area contributed by atoms with Gasteiger partial charge in [-0.3, -0.25) is 4.79 Å². The van der Waals surface area contributed by atoms with Crippen molar-refractivity contribution < 1.29 is 13.2 Å². The molecule has 0 fully saturated rings. The van der Waals surface area contributed by atoms with Gasteiger partial charge in [-0.25, -0.2) is 23.1 Å². The van der Waals surface area contributed by atoms with Crippen LogP contribution in [0.5, 0.6) is 0 Å². The molecule has 0 bridgehead atoms. The van der Waals surface area contributed by atoms with Crippen LogP contribution in [0, 0.1) is 13.8 Å². The molecule has 1 amide bonds. The largest absolute Gasteiger partial charge is 0.308 e. The number of nitrogens with zero attached hydrogens (tertiary/aromatic N) is 3. The zero-order valence-electron chi connectivity index (χ0n) is 22.8. The molecule has 0 aliphatic heterocycles. The minimum absolute atomic E-state index is 0.00988. The molecule has 1 N–H and O–H groups in total. The van der Waals surface area contributed by atoms with Gasteiger partial charge in [0.15, 0.2) is 5.65 Å². The van der Waals surface area contributed by atoms with E-state index in [1.807, 2.05) is 49.4 Å². The number of carbonyl (C=O) groups excluding carboxylic acids is 1. The third kappa shape index (κ3) is 5.82. The van der Waals surface area contributed by atoms with E-state index in [1.165, 1.54) is 12.1 Å². The second-order valence-electron chi connectivity index (χ2n) is 9.97. The standard InChI is InChI=1S/C32H32N4O3S/c1-4-29-34-31-22(2)19-23(3)33-32(31)36(29)21-24-15-17-26(18-16-24)28(25-11-7-5-8-12-25)20-30(37)35-40(38,39)27-13-9-6-10-14-27/h5-19,28H,4,20-21H2,1-3H3,(H,35,37). The Kier molecular flexibility index (Phi) is 7.80. The van der Waals surface area contributed by atoms with E-state index in [0.29, 0.717) is 6.54 Å². The number of aromatic nitrogens is 3. The fourth-order valence-corrected chi connectivity index (χ4v) is 6.09. The molecule has 5 aromatic rings. The molecule has 204 valence electrons. The summed E-state index contributed by atoms with van der Waals surface area (Å²) < 4.78 is 29.9. The topological polar surface area (TPSA) is 93.9 Å². The fraction of sp³-hybridized carbons (Fsp3) is 0.219. The van der Waals surface area contributed by atoms with Gasteiger partial charge in [-0.1, -0.05) is 79.7 Å². The number of hydrogen-bond donors (Lipinski definition) is 1. The van der Waals surface area contributed by atoms with Crippen LogP contribution in [0.4, 0.5) is 0 Å². The van der Waals surface area contributed by atoms with Crippen LogP contribution in [0.15, 0.2) is 95.9 Å². The van der Waals surface area contributed by atoms with Gasteiger partial charge < -0.3 is 4.57 Å². The molecule has 0 aliphatic carbocycles. The minimum atomic E-state index is -3.95. The van der Waals surface area contributed by atoms with E-state index in [1.54, 1.807) is 18.2 Å². The molecule has 40 heavy (non-hydrogen) atoms. The van der Waals surface area contributed by atoms with Gasteiger partial charge in [-0.2, -0.15) is 0 Å². The number of amides is 1. The minimum Gasteiger partial charge on any atom is -0.308 e. The first-order valence-corrected chi connectivity index (χ1v) is 14.8. The van der Waals surface area contributed by atoms with Gasteiger partial charge >= 0.3 is 0 Å². The Labute approximate surface area is 235 Å². The van der Waals surface area contributed by atoms with E-state index in [4.69, 9.17) is 9.97 Å². The van der Waals surface area contributed by atoms with Crippen molar-refractivity contribution in [3.63, 3.8) is 0 Å². The predicted octanol–water partition coefficient (Wildman–Crippen LogP) is 5.69. The number of carbonyl (C=O) groups is 1. The summed E-state index contributed by atoms with van der Waals surface area (Å²) in [6.45, 7) is 6.78. The fourth-order valence-electron chi connectivity index (χ4n) is 5.07. The zero-order chi connectivity index (χ0) is 28.3. The Hall–Kier alpha value is -4.30. The summed E-state index contributed by atoms with van der Waals surface area (Å²) in [6.07, 6.45) is 0.786. The molecule has 0 saturated heterocycles. The van der Waals surface area contributed by atoms with Gasteiger partial charge in [0.25, 0.3) is 10.0 Å². The van der Waals surface area contributed by atoms with Crippen molar-refractivity contribution >= 4 is 27.1 Å². The molecule has 5 rings (SSSR count). The van der Waals surface area contributed by atoms with Gasteiger partial charge in [0.2, 0.25) is 5.91 Å². The van der Waals surface area contributed by atoms with E-state index in [2.05, 4.69) is 41.3 Å². The maximum atomic E-state index is 13.0. The number of hydrogen-bond acceptors (Lipinski definition) is 5. The van der Waals surface area contributed by atoms with E-state index in [-0.39, 0.29) is 17.2 Å². The van der Waals surface area contributed by atoms with Crippen molar-refractivity contribution in [2.45, 2.75) is 51.0 Å². The Bertz CT molecular complexity index is 1750. The number of fused-ring (bicyclic) bond motifs is 1. The van der Waals surface area contributed by atoms with Gasteiger partial charge in [-0.05, 0) is 54.3 Å². The van der Waals surface area contributed by atoms with Crippen LogP contribution in [-0.4, -0.2) is 28.9 Å². The van der Waals surface area contributed by atoms with Gasteiger partial charge in [0.1, 0.15) is 11.3 Å². The number of sulfonamides is 1. The number of rotatable bonds is 9. The summed E-state index contributed by atoms with van der Waals surface area (Å²) in [6, 6.07) is 27.8. The SMILES string of the molecule is CCc1nc2c(C)cc(C)nc2n1Cc1ccc(C(CC(=O)NS(=O)(=O)c2ccccc2)c2ccccc2)cc1. The average Bonchev–Trinajstić information content (AvgIpc) is 3.30. The first-order valence-electron chi connectivity index (χ1n) is 13.3. The lowest BCUT2D eigenvalue weighted by Crippen LogP contribution is -2.31. The van der Waals surface area contributed by atoms with Crippen molar-refractivity contribution in [1.29, 1.82) is 0 Å². The molecule has 8 heteroatoms. The highest BCUT2D eigenvalue weighted by Gasteiger charge is 2.23. The van der Waals surface area contributed by atoms with Gasteiger partial charge in [-0.15, -0.1) is 0 Å². The van der Waals surface area contributed by atoms with Crippen molar-refractivity contribution in [3.05, 3.63) is 125 Å². The molecule has 2 heterocycles. The highest BCUT2D eigenvalue weighted by atomic mass is 32.2. The second-order valence-corrected chi connectivity index (χ2v) is 11.7. The monoisotopic (exact) mass is 552 g/mol. The molecule has 0 spiro atoms. The molecule has 0 saturated carbocycles. The first-order chi connectivity index (χ1) is 19.2. The number of benzene rings is 3. The van der Waals surface area contributed by atoms with Crippen LogP contribution in [0.1, 0.15) is 53.0 Å². The highest BCUT2D eigenvalue weighted by Crippen LogP contribution is 2.29. The van der Waals surface area contributed by atoms with Gasteiger partial charge in [0.05, 0.1) is 11.4 Å². The number of imidazole rings is 1. The lowest BCUT2D eigenvalue weighted by molar-refractivity contribution is -0.119. The van der Waals surface area contributed by atoms with Crippen molar-refractivity contribution in [2.24, 2.45) is 0 Å². The third-order valence-corrected chi connectivity index (χ3v) is 8.42. The van der Waals surface area contributed by atoms with Crippen LogP contribution in [0.2, 0.25) is 0 Å². The molecular weight excluding hydrogens is 520 g/mol. The molecule has 0 aliphatic rings. The molecule has 1 unspecified atom stereocenters. The van der Waals surface area contributed by atoms with Crippen LogP contribution in [-0.2, 0) is 27.8 Å². The maximum Gasteiger partial charge on any atom is 0.264 e. The summed E-state index contributed by atoms with van der Waals surface area (Å²) in [5.74, 6) is 0.114. The highest BCUT2D eigenvalue weighted by molar-refractivity contribution is 7.90. The molecule has 2 aromatic heterocycles. The number of pyridine rings is 1. The summed E-state index contributed by atoms with van der Waals surface area (Å²) in [5.41, 5.74) is 6.84. The van der Waals surface area contributed by atoms with Crippen LogP contribution in [0.25, 0.3) is 11.2 Å². The molecule has 0 radical (unpaired) electrons. The number of nitrogens with one attached hydrogen (secondary N) is 1. The smallest absolute Gasteiger partial charge is 0.264 e. The lowest BCUT2D eigenvalue weighted by atomic mass is 9.88. The second kappa shape index (κ2) is 11.4. The quantitative estimate of drug-likeness (QED) is 0.254. The summed E-state index contributed by atoms with van der Waals surface area (Å²) in [4.78, 5) is 22.7. The zero-order valence-corrected chi connectivity index (χ0v) is 23.7. The van der Waals surface area contributed by atoms with Crippen LogP contribution >= 0.6 is 0 Å². The first kappa shape index (κ1) is 27.3. The van der Waals surface area contributed by atoms with Crippen molar-refractivity contribution in [1.82, 2.24) is 19.3 Å². The third-order valence-electron chi connectivity index (χ3n) is 7.03. The molecular formula is C32H32N4O3S. The molecule has 1 atom stereocenters. The molecule has 7 nitrogen and oxygen atoms in total. The van der Waals surface area contributed by atoms with E-state index in [0.717, 1.165) is 51.4 Å². The van der Waals surface area contributed by atoms with Crippen LogP contribution in [0.3, 0.4) is 0 Å². The molecule has 3 aromatic carbocycles. The van der Waals surface area contributed by atoms with Gasteiger partial charge in [0, 0.05) is 24.5 Å². The normalized spacial score (nSPS) is 12.4. The van der Waals surface area contributed by atoms with Crippen molar-refractivity contribution in [3.8, 4) is 0 Å². The Morgan fingerprint density at radius 1 is 0.875 bits per heavy atom. The Morgan fingerprint density at radius 3 is 2.15 bits per heavy atom. The van der Waals surface area contributed by atoms with Crippen LogP contribution < -0.4 is 4.72 Å². The summed E-state index contributed by atoms with van der Waals surface area (Å²) in [7, 11) is -3.95. The lowest BCUT2D eigenvalue weighted by Gasteiger charge is -2.19. The number of aryl methyl sites for hydroxylation is 3. The van der Waals surface area contributed by atoms with E-state index < -0.39 is 15.9 Å². The predicted molar refractivity (Wildman–Crippen MR) is 157 cm³/mol. The Balaban J connectivity index is 1.41. The maximum absolute atomic E-state index is 13.0. The van der Waals surface area contributed by atoms with E-state index >= 15 is 0 Å². The van der Waals surface area contributed by atoms with Crippen molar-refractivity contribution in [2.75, 3.05) is 0 Å². The summed E-state index contributed by atoms with van der Waals surface area (Å²) >= 11 is 0. The summed E-state index contributed by atoms with van der Waals surface area (Å²) in [5, 5.41) is 0. The van der Waals surface area contributed by atoms with E-state index in [9.17, 15) is 13.2 Å². The Morgan fingerprint density at radius 2 is 1.50 bits per heavy atom.